The van der Waals surface area contributed by atoms with Gasteiger partial charge in [0.05, 0.1) is 49.5 Å². The predicted molar refractivity (Wildman–Crippen MR) is 299 cm³/mol. The predicted octanol–water partition coefficient (Wildman–Crippen LogP) is 8.68. The van der Waals surface area contributed by atoms with Crippen molar-refractivity contribution in [3.63, 3.8) is 0 Å². The van der Waals surface area contributed by atoms with E-state index in [1.165, 1.54) is 23.4 Å². The van der Waals surface area contributed by atoms with Gasteiger partial charge in [-0.1, -0.05) is 67.6 Å². The van der Waals surface area contributed by atoms with Crippen molar-refractivity contribution in [2.45, 2.75) is 121 Å². The van der Waals surface area contributed by atoms with Gasteiger partial charge in [-0.25, -0.2) is 13.5 Å². The number of benzene rings is 4. The fourth-order valence-corrected chi connectivity index (χ4v) is 12.5. The lowest BCUT2D eigenvalue weighted by Crippen LogP contribution is -2.49. The summed E-state index contributed by atoms with van der Waals surface area (Å²) in [6.45, 7) is 10.4. The third-order valence-corrected chi connectivity index (χ3v) is 16.9. The zero-order valence-electron chi connectivity index (χ0n) is 45.6. The van der Waals surface area contributed by atoms with Crippen LogP contribution in [0.5, 0.6) is 11.8 Å². The minimum atomic E-state index is -0.923. The normalized spacial score (nSPS) is 20.9. The lowest BCUT2D eigenvalue weighted by Gasteiger charge is -2.31. The Morgan fingerprint density at radius 3 is 2.42 bits per heavy atom. The number of hydrogen-bond acceptors (Lipinski definition) is 14. The standard InChI is InChI=1S/C61H64F2N12O6/c1-32(2)56(60(78)74-29-42(76)22-52(74)59(77)67-34(4)36-9-11-37(12-10-36)44-15-18-64-27-49(44)63)75-30-51(71-72-75)39-7-5-35(6-8-39)31-80-57-54(53-33(3)48(62)24-50-47(53)26-66-70-50)45(38-13-14-38)23-46-55(57)68-61(81-43-16-19-79-20-17-43)69-58(46)73-28-40-21-41(73)25-65-40/h5-12,15,18,23-24,26-27,30,32,34,38,40-43,52,56,65,76H,13-14,16-17,19-22,25,28-29,31H2,1-4H3,(H,66,70)(H,67,77)/t34-,40-,41-,42+,52-,56-/m0/s1. The number of anilines is 1. The van der Waals surface area contributed by atoms with Gasteiger partial charge in [0.1, 0.15) is 53.5 Å². The number of ether oxygens (including phenoxy) is 3. The summed E-state index contributed by atoms with van der Waals surface area (Å²) in [6, 6.07) is 19.0. The van der Waals surface area contributed by atoms with Crippen LogP contribution in [0, 0.1) is 24.5 Å². The molecular weight excluding hydrogens is 1030 g/mol. The van der Waals surface area contributed by atoms with Crippen LogP contribution in [0.15, 0.2) is 91.5 Å². The van der Waals surface area contributed by atoms with E-state index in [0.29, 0.717) is 64.0 Å². The van der Waals surface area contributed by atoms with E-state index in [0.717, 1.165) is 89.6 Å². The van der Waals surface area contributed by atoms with E-state index in [-0.39, 0.29) is 61.3 Å². The molecule has 418 valence electrons. The number of nitrogens with one attached hydrogen (secondary N) is 3. The molecule has 2 bridgehead atoms. The maximum Gasteiger partial charge on any atom is 0.319 e. The van der Waals surface area contributed by atoms with Crippen molar-refractivity contribution in [1.82, 2.24) is 55.7 Å². The van der Waals surface area contributed by atoms with Crippen molar-refractivity contribution in [1.29, 1.82) is 0 Å². The third kappa shape index (κ3) is 10.1. The Balaban J connectivity index is 0.780. The molecule has 4 saturated heterocycles. The zero-order valence-corrected chi connectivity index (χ0v) is 45.6. The Labute approximate surface area is 466 Å². The van der Waals surface area contributed by atoms with Gasteiger partial charge in [0.15, 0.2) is 5.75 Å². The number of amides is 2. The molecule has 13 rings (SSSR count). The second-order valence-corrected chi connectivity index (χ2v) is 22.8. The van der Waals surface area contributed by atoms with Crippen molar-refractivity contribution in [2.75, 3.05) is 37.7 Å². The zero-order chi connectivity index (χ0) is 55.6. The summed E-state index contributed by atoms with van der Waals surface area (Å²) in [5.41, 5.74) is 8.24. The van der Waals surface area contributed by atoms with E-state index >= 15 is 4.39 Å². The number of nitrogens with zero attached hydrogens (tertiary/aromatic N) is 9. The highest BCUT2D eigenvalue weighted by atomic mass is 19.1. The van der Waals surface area contributed by atoms with Crippen LogP contribution in [0.1, 0.15) is 99.6 Å². The Morgan fingerprint density at radius 1 is 0.901 bits per heavy atom. The van der Waals surface area contributed by atoms with E-state index in [1.807, 2.05) is 64.1 Å². The van der Waals surface area contributed by atoms with Crippen molar-refractivity contribution in [2.24, 2.45) is 5.92 Å². The summed E-state index contributed by atoms with van der Waals surface area (Å²) in [5.74, 6) is -0.236. The van der Waals surface area contributed by atoms with E-state index < -0.39 is 36.0 Å². The van der Waals surface area contributed by atoms with Gasteiger partial charge in [0.25, 0.3) is 0 Å². The molecule has 4 aromatic carbocycles. The fourth-order valence-electron chi connectivity index (χ4n) is 12.5. The second kappa shape index (κ2) is 21.5. The molecule has 0 spiro atoms. The number of aromatic nitrogens is 8. The summed E-state index contributed by atoms with van der Waals surface area (Å²) in [5, 5.41) is 35.6. The molecule has 2 amide bonds. The summed E-state index contributed by atoms with van der Waals surface area (Å²) in [7, 11) is 0. The smallest absolute Gasteiger partial charge is 0.319 e. The van der Waals surface area contributed by atoms with Crippen LogP contribution in [0.3, 0.4) is 0 Å². The van der Waals surface area contributed by atoms with Crippen LogP contribution in [0.4, 0.5) is 14.6 Å². The first-order valence-corrected chi connectivity index (χ1v) is 28.2. The number of halogens is 2. The van der Waals surface area contributed by atoms with E-state index in [9.17, 15) is 19.1 Å². The Hall–Kier alpha value is -7.94. The molecule has 20 heteroatoms. The van der Waals surface area contributed by atoms with Crippen molar-refractivity contribution in [3.8, 4) is 45.3 Å². The number of hydrogen-bond donors (Lipinski definition) is 4. The average molecular weight is 1100 g/mol. The molecular formula is C61H64F2N12O6. The number of fused-ring (bicyclic) bond motifs is 4. The SMILES string of the molecule is Cc1c(F)cc2[nH]ncc2c1-c1c(C2CC2)cc2c(N3C[C@@H]4C[C@H]3CN4)nc(OC3CCOCC3)nc2c1OCc1ccc(-c2cn([C@H](C(=O)N3C[C@H](O)C[C@H]3C(=O)N[C@@H](C)c3ccc(-c4ccncc4F)cc3)C(C)C)nn2)cc1. The largest absolute Gasteiger partial charge is 0.486 e. The van der Waals surface area contributed by atoms with E-state index in [4.69, 9.17) is 24.2 Å². The molecule has 1 aliphatic carbocycles. The molecule has 0 unspecified atom stereocenters. The highest BCUT2D eigenvalue weighted by Crippen LogP contribution is 2.53. The van der Waals surface area contributed by atoms with Gasteiger partial charge in [0.2, 0.25) is 11.8 Å². The monoisotopic (exact) mass is 1100 g/mol. The minimum Gasteiger partial charge on any atom is -0.486 e. The first-order chi connectivity index (χ1) is 39.3. The van der Waals surface area contributed by atoms with E-state index in [2.05, 4.69) is 47.1 Å². The number of likely N-dealkylation sites (tertiary alicyclic amines) is 1. The lowest BCUT2D eigenvalue weighted by molar-refractivity contribution is -0.142. The van der Waals surface area contributed by atoms with Gasteiger partial charge < -0.3 is 39.8 Å². The highest BCUT2D eigenvalue weighted by Gasteiger charge is 2.44. The number of carbonyl (C=O) groups excluding carboxylic acids is 2. The molecule has 6 atom stereocenters. The minimum absolute atomic E-state index is 0.0140. The second-order valence-electron chi connectivity index (χ2n) is 22.8. The lowest BCUT2D eigenvalue weighted by atomic mass is 9.88. The summed E-state index contributed by atoms with van der Waals surface area (Å²) in [4.78, 5) is 46.7. The molecule has 4 N–H and O–H groups in total. The average Bonchev–Trinajstić information content (AvgIpc) is 3.92. The van der Waals surface area contributed by atoms with Gasteiger partial charge in [-0.05, 0) is 91.0 Å². The fraction of sp³-hybridized carbons (Fsp3) is 0.410. The molecule has 5 aliphatic rings. The Morgan fingerprint density at radius 2 is 1.69 bits per heavy atom. The highest BCUT2D eigenvalue weighted by molar-refractivity contribution is 6.06. The Kier molecular flexibility index (Phi) is 13.9. The van der Waals surface area contributed by atoms with Gasteiger partial charge in [-0.2, -0.15) is 15.1 Å². The van der Waals surface area contributed by atoms with Crippen LogP contribution < -0.4 is 25.0 Å². The number of piperazine rings is 1. The number of carbonyl (C=O) groups is 2. The number of H-pyrrole nitrogens is 1. The number of β-amino-alcohol motifs (C(OH)–C–C–N with tert-alkyl or cyclic N) is 1. The van der Waals surface area contributed by atoms with Gasteiger partial charge in [-0.3, -0.25) is 19.7 Å². The topological polar surface area (TPSA) is 211 Å². The number of aliphatic hydroxyl groups excluding tert-OH is 1. The van der Waals surface area contributed by atoms with Gasteiger partial charge in [0, 0.05) is 90.2 Å². The molecule has 0 radical (unpaired) electrons. The molecule has 4 aromatic heterocycles. The van der Waals surface area contributed by atoms with Crippen molar-refractivity contribution < 1.29 is 37.7 Å². The molecule has 1 saturated carbocycles. The molecule has 8 heterocycles. The summed E-state index contributed by atoms with van der Waals surface area (Å²) < 4.78 is 51.6. The first-order valence-electron chi connectivity index (χ1n) is 28.2. The Bertz CT molecular complexity index is 3680. The molecule has 81 heavy (non-hydrogen) atoms. The molecule has 5 fully saturated rings. The van der Waals surface area contributed by atoms with Crippen molar-refractivity contribution >= 4 is 39.4 Å². The molecule has 8 aromatic rings. The van der Waals surface area contributed by atoms with Crippen LogP contribution in [-0.4, -0.2) is 125 Å². The van der Waals surface area contributed by atoms with Gasteiger partial charge in [-0.15, -0.1) is 5.10 Å². The van der Waals surface area contributed by atoms with Crippen LogP contribution in [0.25, 0.3) is 55.3 Å². The van der Waals surface area contributed by atoms with E-state index in [1.54, 1.807) is 35.3 Å². The summed E-state index contributed by atoms with van der Waals surface area (Å²) in [6.07, 6.45) is 9.67. The first kappa shape index (κ1) is 52.4. The summed E-state index contributed by atoms with van der Waals surface area (Å²) >= 11 is 0. The van der Waals surface area contributed by atoms with Gasteiger partial charge >= 0.3 is 6.01 Å². The number of rotatable bonds is 16. The maximum absolute atomic E-state index is 16.1. The van der Waals surface area contributed by atoms with Crippen LogP contribution >= 0.6 is 0 Å². The number of pyridine rings is 1. The van der Waals surface area contributed by atoms with Crippen molar-refractivity contribution in [3.05, 3.63) is 125 Å². The van der Waals surface area contributed by atoms with Crippen LogP contribution in [0.2, 0.25) is 0 Å². The maximum atomic E-state index is 16.1. The quantitative estimate of drug-likeness (QED) is 0.0714. The molecule has 18 nitrogen and oxygen atoms in total. The molecule has 4 aliphatic heterocycles. The number of aromatic amines is 1. The number of aliphatic hydroxyl groups is 1. The third-order valence-electron chi connectivity index (χ3n) is 16.9. The van der Waals surface area contributed by atoms with Crippen LogP contribution in [-0.2, 0) is 20.9 Å².